The van der Waals surface area contributed by atoms with Crippen molar-refractivity contribution in [3.8, 4) is 0 Å². The monoisotopic (exact) mass is 378 g/mol. The molecule has 0 aliphatic carbocycles. The minimum Gasteiger partial charge on any atom is -0.480 e. The number of alkyl halides is 2. The molecule has 8 heteroatoms. The first-order valence-electron chi connectivity index (χ1n) is 8.59. The number of hydrogen-bond donors (Lipinski definition) is 2. The van der Waals surface area contributed by atoms with Gasteiger partial charge < -0.3 is 19.7 Å². The van der Waals surface area contributed by atoms with Gasteiger partial charge in [-0.1, -0.05) is 18.2 Å². The second-order valence-electron chi connectivity index (χ2n) is 6.58. The Labute approximate surface area is 154 Å². The van der Waals surface area contributed by atoms with Crippen molar-refractivity contribution in [3.05, 3.63) is 53.5 Å². The van der Waals surface area contributed by atoms with Crippen molar-refractivity contribution in [1.29, 1.82) is 0 Å². The van der Waals surface area contributed by atoms with Crippen molar-refractivity contribution in [2.24, 2.45) is 0 Å². The van der Waals surface area contributed by atoms with Crippen molar-refractivity contribution in [2.75, 3.05) is 4.90 Å². The fourth-order valence-electron chi connectivity index (χ4n) is 3.34. The summed E-state index contributed by atoms with van der Waals surface area (Å²) in [5, 5.41) is 11.1. The molecule has 2 heterocycles. The molecule has 1 aromatic heterocycles. The molecule has 27 heavy (non-hydrogen) atoms. The molecule has 0 fully saturated rings. The Hall–Kier alpha value is -2.90. The highest BCUT2D eigenvalue weighted by molar-refractivity contribution is 5.95. The number of carboxylic acid groups (broad SMARTS) is 1. The molecule has 0 radical (unpaired) electrons. The van der Waals surface area contributed by atoms with Crippen LogP contribution in [0.4, 0.5) is 14.5 Å². The number of halogens is 2. The van der Waals surface area contributed by atoms with E-state index in [4.69, 9.17) is 9.52 Å². The van der Waals surface area contributed by atoms with Crippen molar-refractivity contribution < 1.29 is 27.9 Å². The van der Waals surface area contributed by atoms with Gasteiger partial charge in [0.25, 0.3) is 5.91 Å². The van der Waals surface area contributed by atoms with Crippen LogP contribution in [0.3, 0.4) is 0 Å². The highest BCUT2D eigenvalue weighted by Crippen LogP contribution is 2.33. The fraction of sp³-hybridized carbons (Fsp3) is 0.368. The standard InChI is InChI=1S/C19H20F2N2O4/c1-11-8-12-4-2-3-5-15(12)23(11)10-13-6-7-27-17(13)18(24)22-14(19(25)26)9-16(20)21/h2-7,11,14,16H,8-10H2,1H3,(H,22,24)(H,25,26). The number of para-hydroxylation sites is 1. The quantitative estimate of drug-likeness (QED) is 0.774. The zero-order valence-corrected chi connectivity index (χ0v) is 14.7. The van der Waals surface area contributed by atoms with Crippen LogP contribution in [0.2, 0.25) is 0 Å². The SMILES string of the molecule is CC1Cc2ccccc2N1Cc1ccoc1C(=O)NC(CC(F)F)C(=O)O. The first-order chi connectivity index (χ1) is 12.9. The molecule has 0 spiro atoms. The van der Waals surface area contributed by atoms with E-state index in [1.807, 2.05) is 18.2 Å². The molecule has 1 aliphatic rings. The number of hydrogen-bond acceptors (Lipinski definition) is 4. The minimum atomic E-state index is -2.84. The van der Waals surface area contributed by atoms with E-state index in [1.54, 1.807) is 6.07 Å². The number of aliphatic carboxylic acids is 1. The van der Waals surface area contributed by atoms with E-state index in [9.17, 15) is 18.4 Å². The molecule has 2 unspecified atom stereocenters. The van der Waals surface area contributed by atoms with Gasteiger partial charge in [-0.15, -0.1) is 0 Å². The lowest BCUT2D eigenvalue weighted by Crippen LogP contribution is -2.42. The number of amides is 1. The molecule has 2 N–H and O–H groups in total. The van der Waals surface area contributed by atoms with Crippen LogP contribution >= 0.6 is 0 Å². The molecule has 0 bridgehead atoms. The van der Waals surface area contributed by atoms with Crippen molar-refractivity contribution in [2.45, 2.75) is 44.8 Å². The van der Waals surface area contributed by atoms with E-state index >= 15 is 0 Å². The Kier molecular flexibility index (Phi) is 5.43. The largest absolute Gasteiger partial charge is 0.480 e. The molecule has 1 amide bonds. The number of fused-ring (bicyclic) bond motifs is 1. The van der Waals surface area contributed by atoms with Gasteiger partial charge >= 0.3 is 5.97 Å². The summed E-state index contributed by atoms with van der Waals surface area (Å²) in [5.41, 5.74) is 2.85. The van der Waals surface area contributed by atoms with Crippen LogP contribution in [0.5, 0.6) is 0 Å². The highest BCUT2D eigenvalue weighted by Gasteiger charge is 2.30. The third-order valence-electron chi connectivity index (χ3n) is 4.66. The zero-order chi connectivity index (χ0) is 19.6. The van der Waals surface area contributed by atoms with Crippen LogP contribution in [0.15, 0.2) is 41.0 Å². The Morgan fingerprint density at radius 1 is 1.33 bits per heavy atom. The van der Waals surface area contributed by atoms with E-state index in [0.29, 0.717) is 12.1 Å². The van der Waals surface area contributed by atoms with Crippen LogP contribution in [-0.2, 0) is 17.8 Å². The van der Waals surface area contributed by atoms with Gasteiger partial charge in [0.05, 0.1) is 6.26 Å². The average molecular weight is 378 g/mol. The molecule has 1 aliphatic heterocycles. The third kappa shape index (κ3) is 4.10. The van der Waals surface area contributed by atoms with E-state index in [-0.39, 0.29) is 11.8 Å². The number of furan rings is 1. The summed E-state index contributed by atoms with van der Waals surface area (Å²) in [6.45, 7) is 2.47. The molecule has 1 aromatic carbocycles. The molecular formula is C19H20F2N2O4. The number of nitrogens with one attached hydrogen (secondary N) is 1. The van der Waals surface area contributed by atoms with Crippen molar-refractivity contribution in [3.63, 3.8) is 0 Å². The van der Waals surface area contributed by atoms with Crippen LogP contribution in [-0.4, -0.2) is 35.5 Å². The number of anilines is 1. The molecule has 0 saturated heterocycles. The molecule has 2 aromatic rings. The summed E-state index contributed by atoms with van der Waals surface area (Å²) in [4.78, 5) is 25.6. The lowest BCUT2D eigenvalue weighted by Gasteiger charge is -2.24. The van der Waals surface area contributed by atoms with Crippen LogP contribution in [0.25, 0.3) is 0 Å². The van der Waals surface area contributed by atoms with Gasteiger partial charge in [-0.3, -0.25) is 4.79 Å². The van der Waals surface area contributed by atoms with Crippen LogP contribution in [0.1, 0.15) is 35.0 Å². The number of carbonyl (C=O) groups is 2. The summed E-state index contributed by atoms with van der Waals surface area (Å²) in [5.74, 6) is -2.39. The predicted molar refractivity (Wildman–Crippen MR) is 94.0 cm³/mol. The maximum Gasteiger partial charge on any atom is 0.326 e. The summed E-state index contributed by atoms with van der Waals surface area (Å²) >= 11 is 0. The Morgan fingerprint density at radius 2 is 2.07 bits per heavy atom. The number of benzene rings is 1. The van der Waals surface area contributed by atoms with Crippen molar-refractivity contribution >= 4 is 17.6 Å². The van der Waals surface area contributed by atoms with Gasteiger partial charge in [0, 0.05) is 30.3 Å². The molecule has 0 saturated carbocycles. The van der Waals surface area contributed by atoms with Gasteiger partial charge in [0.1, 0.15) is 6.04 Å². The Morgan fingerprint density at radius 3 is 2.78 bits per heavy atom. The molecular weight excluding hydrogens is 358 g/mol. The first-order valence-corrected chi connectivity index (χ1v) is 8.59. The number of carboxylic acids is 1. The Bertz CT molecular complexity index is 837. The van der Waals surface area contributed by atoms with Gasteiger partial charge in [-0.2, -0.15) is 0 Å². The van der Waals surface area contributed by atoms with Gasteiger partial charge in [-0.05, 0) is 31.0 Å². The molecule has 3 rings (SSSR count). The Balaban J connectivity index is 1.76. The predicted octanol–water partition coefficient (Wildman–Crippen LogP) is 3.07. The molecule has 6 nitrogen and oxygen atoms in total. The van der Waals surface area contributed by atoms with Gasteiger partial charge in [0.2, 0.25) is 6.43 Å². The van der Waals surface area contributed by atoms with E-state index in [0.717, 1.165) is 12.1 Å². The second kappa shape index (κ2) is 7.77. The summed E-state index contributed by atoms with van der Waals surface area (Å²) in [7, 11) is 0. The van der Waals surface area contributed by atoms with E-state index in [2.05, 4.69) is 23.2 Å². The second-order valence-corrected chi connectivity index (χ2v) is 6.58. The summed E-state index contributed by atoms with van der Waals surface area (Å²) in [6, 6.07) is 8.14. The van der Waals surface area contributed by atoms with Gasteiger partial charge in [0.15, 0.2) is 5.76 Å². The maximum atomic E-state index is 12.5. The van der Waals surface area contributed by atoms with Gasteiger partial charge in [-0.25, -0.2) is 13.6 Å². The number of carbonyl (C=O) groups excluding carboxylic acids is 1. The fourth-order valence-corrected chi connectivity index (χ4v) is 3.34. The van der Waals surface area contributed by atoms with Crippen LogP contribution in [0, 0.1) is 0 Å². The third-order valence-corrected chi connectivity index (χ3v) is 4.66. The van der Waals surface area contributed by atoms with Crippen molar-refractivity contribution in [1.82, 2.24) is 5.32 Å². The summed E-state index contributed by atoms with van der Waals surface area (Å²) < 4.78 is 30.3. The zero-order valence-electron chi connectivity index (χ0n) is 14.7. The van der Waals surface area contributed by atoms with E-state index in [1.165, 1.54) is 11.8 Å². The first kappa shape index (κ1) is 18.9. The summed E-state index contributed by atoms with van der Waals surface area (Å²) in [6.07, 6.45) is -1.59. The number of rotatable bonds is 7. The molecule has 2 atom stereocenters. The normalized spacial score (nSPS) is 17.0. The molecule has 144 valence electrons. The van der Waals surface area contributed by atoms with E-state index < -0.39 is 30.8 Å². The maximum absolute atomic E-state index is 12.5. The topological polar surface area (TPSA) is 82.8 Å². The smallest absolute Gasteiger partial charge is 0.326 e. The average Bonchev–Trinajstić information content (AvgIpc) is 3.19. The van der Waals surface area contributed by atoms with Crippen LogP contribution < -0.4 is 10.2 Å². The minimum absolute atomic E-state index is 0.0629. The highest BCUT2D eigenvalue weighted by atomic mass is 19.3. The lowest BCUT2D eigenvalue weighted by molar-refractivity contribution is -0.140. The number of nitrogens with zero attached hydrogens (tertiary/aromatic N) is 1. The lowest BCUT2D eigenvalue weighted by atomic mass is 10.1.